The van der Waals surface area contributed by atoms with Gasteiger partial charge in [0.25, 0.3) is 0 Å². The molecular formula is C13H12ClN3O. The fourth-order valence-electron chi connectivity index (χ4n) is 1.60. The average molecular weight is 262 g/mol. The fourth-order valence-corrected chi connectivity index (χ4v) is 1.77. The number of nitrogens with zero attached hydrogens (tertiary/aromatic N) is 2. The Morgan fingerprint density at radius 1 is 1.50 bits per heavy atom. The predicted molar refractivity (Wildman–Crippen MR) is 69.4 cm³/mol. The third kappa shape index (κ3) is 2.63. The fraction of sp³-hybridized carbons (Fsp3) is 0.231. The number of benzene rings is 1. The zero-order chi connectivity index (χ0) is 13.1. The second kappa shape index (κ2) is 5.11. The number of halogens is 1. The third-order valence-corrected chi connectivity index (χ3v) is 2.72. The maximum absolute atomic E-state index is 9.04. The third-order valence-electron chi connectivity index (χ3n) is 2.48. The van der Waals surface area contributed by atoms with Crippen LogP contribution in [0.5, 0.6) is 0 Å². The van der Waals surface area contributed by atoms with Crippen molar-refractivity contribution in [2.45, 2.75) is 19.9 Å². The van der Waals surface area contributed by atoms with E-state index >= 15 is 0 Å². The Hall–Kier alpha value is -1.99. The average Bonchev–Trinajstić information content (AvgIpc) is 2.78. The van der Waals surface area contributed by atoms with Crippen LogP contribution in [-0.2, 0) is 0 Å². The second-order valence-electron chi connectivity index (χ2n) is 3.98. The molecule has 0 saturated heterocycles. The molecule has 0 radical (unpaired) electrons. The van der Waals surface area contributed by atoms with E-state index in [1.165, 1.54) is 0 Å². The second-order valence-corrected chi connectivity index (χ2v) is 4.41. The van der Waals surface area contributed by atoms with Crippen LogP contribution in [0.25, 0.3) is 0 Å². The van der Waals surface area contributed by atoms with Crippen molar-refractivity contribution in [2.75, 3.05) is 5.32 Å². The molecule has 0 spiro atoms. The summed E-state index contributed by atoms with van der Waals surface area (Å²) in [4.78, 5) is 4.15. The van der Waals surface area contributed by atoms with Crippen LogP contribution in [0.3, 0.4) is 0 Å². The van der Waals surface area contributed by atoms with Gasteiger partial charge in [-0.3, -0.25) is 0 Å². The van der Waals surface area contributed by atoms with Crippen molar-refractivity contribution >= 4 is 17.3 Å². The molecule has 0 bridgehead atoms. The summed E-state index contributed by atoms with van der Waals surface area (Å²) in [6.07, 6.45) is 1.67. The minimum absolute atomic E-state index is 0.119. The molecule has 1 aromatic heterocycles. The maximum Gasteiger partial charge on any atom is 0.216 e. The number of oxazole rings is 1. The van der Waals surface area contributed by atoms with Crippen LogP contribution >= 0.6 is 11.6 Å². The molecule has 92 valence electrons. The summed E-state index contributed by atoms with van der Waals surface area (Å²) in [5.41, 5.74) is 1.21. The SMILES string of the molecule is Cc1cnc(C(C)Nc2ccc(Cl)cc2C#N)o1. The first-order chi connectivity index (χ1) is 8.60. The van der Waals surface area contributed by atoms with E-state index in [1.807, 2.05) is 13.8 Å². The summed E-state index contributed by atoms with van der Waals surface area (Å²) >= 11 is 5.84. The van der Waals surface area contributed by atoms with Gasteiger partial charge in [0.15, 0.2) is 0 Å². The molecular weight excluding hydrogens is 250 g/mol. The lowest BCUT2D eigenvalue weighted by molar-refractivity contribution is 0.453. The lowest BCUT2D eigenvalue weighted by Gasteiger charge is -2.13. The van der Waals surface area contributed by atoms with Gasteiger partial charge in [0.1, 0.15) is 17.9 Å². The summed E-state index contributed by atoms with van der Waals surface area (Å²) in [6, 6.07) is 7.11. The van der Waals surface area contributed by atoms with Crippen LogP contribution in [0.1, 0.15) is 30.2 Å². The van der Waals surface area contributed by atoms with Crippen LogP contribution in [0.4, 0.5) is 5.69 Å². The van der Waals surface area contributed by atoms with Crippen molar-refractivity contribution in [1.82, 2.24) is 4.98 Å². The first-order valence-electron chi connectivity index (χ1n) is 5.48. The number of hydrogen-bond acceptors (Lipinski definition) is 4. The molecule has 0 aliphatic rings. The van der Waals surface area contributed by atoms with Gasteiger partial charge in [0.2, 0.25) is 5.89 Å². The van der Waals surface area contributed by atoms with Crippen LogP contribution in [0, 0.1) is 18.3 Å². The summed E-state index contributed by atoms with van der Waals surface area (Å²) in [5, 5.41) is 12.8. The smallest absolute Gasteiger partial charge is 0.216 e. The van der Waals surface area contributed by atoms with Crippen molar-refractivity contribution in [3.63, 3.8) is 0 Å². The number of anilines is 1. The molecule has 1 heterocycles. The van der Waals surface area contributed by atoms with Crippen LogP contribution < -0.4 is 5.32 Å². The minimum Gasteiger partial charge on any atom is -0.444 e. The molecule has 2 aromatic rings. The van der Waals surface area contributed by atoms with E-state index < -0.39 is 0 Å². The van der Waals surface area contributed by atoms with E-state index in [0.29, 0.717) is 22.2 Å². The molecule has 5 heteroatoms. The van der Waals surface area contributed by atoms with E-state index in [1.54, 1.807) is 24.4 Å². The minimum atomic E-state index is -0.119. The summed E-state index contributed by atoms with van der Waals surface area (Å²) < 4.78 is 5.43. The largest absolute Gasteiger partial charge is 0.444 e. The van der Waals surface area contributed by atoms with E-state index in [9.17, 15) is 0 Å². The Morgan fingerprint density at radius 2 is 2.28 bits per heavy atom. The predicted octanol–water partition coefficient (Wildman–Crippen LogP) is 3.68. The van der Waals surface area contributed by atoms with Gasteiger partial charge >= 0.3 is 0 Å². The quantitative estimate of drug-likeness (QED) is 0.915. The molecule has 0 saturated carbocycles. The molecule has 1 atom stereocenters. The number of aryl methyl sites for hydroxylation is 1. The maximum atomic E-state index is 9.04. The number of nitrogens with one attached hydrogen (secondary N) is 1. The van der Waals surface area contributed by atoms with E-state index in [0.717, 1.165) is 5.76 Å². The van der Waals surface area contributed by atoms with E-state index in [4.69, 9.17) is 21.3 Å². The van der Waals surface area contributed by atoms with Crippen molar-refractivity contribution in [3.05, 3.63) is 46.6 Å². The Kier molecular flexibility index (Phi) is 3.54. The number of hydrogen-bond donors (Lipinski definition) is 1. The molecule has 1 aromatic carbocycles. The van der Waals surface area contributed by atoms with Gasteiger partial charge < -0.3 is 9.73 Å². The lowest BCUT2D eigenvalue weighted by Crippen LogP contribution is -2.08. The van der Waals surface area contributed by atoms with E-state index in [-0.39, 0.29) is 6.04 Å². The standard InChI is InChI=1S/C13H12ClN3O/c1-8-7-16-13(18-8)9(2)17-12-4-3-11(14)5-10(12)6-15/h3-5,7,9,17H,1-2H3. The molecule has 1 unspecified atom stereocenters. The Balaban J connectivity index is 2.22. The molecule has 0 aliphatic heterocycles. The van der Waals surface area contributed by atoms with Crippen molar-refractivity contribution < 1.29 is 4.42 Å². The zero-order valence-corrected chi connectivity index (χ0v) is 10.8. The highest BCUT2D eigenvalue weighted by atomic mass is 35.5. The topological polar surface area (TPSA) is 61.9 Å². The number of aromatic nitrogens is 1. The highest BCUT2D eigenvalue weighted by Gasteiger charge is 2.13. The van der Waals surface area contributed by atoms with Crippen molar-refractivity contribution in [3.8, 4) is 6.07 Å². The number of rotatable bonds is 3. The molecule has 0 fully saturated rings. The van der Waals surface area contributed by atoms with Gasteiger partial charge in [0, 0.05) is 5.02 Å². The van der Waals surface area contributed by atoms with Crippen LogP contribution in [0.2, 0.25) is 5.02 Å². The highest BCUT2D eigenvalue weighted by Crippen LogP contribution is 2.24. The van der Waals surface area contributed by atoms with Crippen molar-refractivity contribution in [2.24, 2.45) is 0 Å². The molecule has 2 rings (SSSR count). The zero-order valence-electron chi connectivity index (χ0n) is 10.1. The van der Waals surface area contributed by atoms with Crippen molar-refractivity contribution in [1.29, 1.82) is 5.26 Å². The molecule has 0 aliphatic carbocycles. The van der Waals surface area contributed by atoms with Gasteiger partial charge in [-0.25, -0.2) is 4.98 Å². The first kappa shape index (κ1) is 12.5. The number of nitriles is 1. The van der Waals surface area contributed by atoms with Gasteiger partial charge in [-0.2, -0.15) is 5.26 Å². The van der Waals surface area contributed by atoms with Gasteiger partial charge in [-0.1, -0.05) is 11.6 Å². The first-order valence-corrected chi connectivity index (χ1v) is 5.86. The van der Waals surface area contributed by atoms with Gasteiger partial charge in [-0.05, 0) is 32.0 Å². The molecule has 0 amide bonds. The lowest BCUT2D eigenvalue weighted by atomic mass is 10.2. The summed E-state index contributed by atoms with van der Waals surface area (Å²) in [7, 11) is 0. The Morgan fingerprint density at radius 3 is 2.89 bits per heavy atom. The van der Waals surface area contributed by atoms with Crippen LogP contribution in [0.15, 0.2) is 28.8 Å². The molecule has 1 N–H and O–H groups in total. The highest BCUT2D eigenvalue weighted by molar-refractivity contribution is 6.30. The molecule has 18 heavy (non-hydrogen) atoms. The normalized spacial score (nSPS) is 11.9. The molecule has 4 nitrogen and oxygen atoms in total. The monoisotopic (exact) mass is 261 g/mol. The van der Waals surface area contributed by atoms with E-state index in [2.05, 4.69) is 16.4 Å². The van der Waals surface area contributed by atoms with Crippen LogP contribution in [-0.4, -0.2) is 4.98 Å². The Bertz CT molecular complexity index is 601. The summed E-state index contributed by atoms with van der Waals surface area (Å²) in [5.74, 6) is 1.35. The van der Waals surface area contributed by atoms with Gasteiger partial charge in [-0.15, -0.1) is 0 Å². The Labute approximate surface area is 110 Å². The summed E-state index contributed by atoms with van der Waals surface area (Å²) in [6.45, 7) is 3.76. The van der Waals surface area contributed by atoms with Gasteiger partial charge in [0.05, 0.1) is 17.4 Å².